The van der Waals surface area contributed by atoms with Crippen LogP contribution >= 0.6 is 15.9 Å². The van der Waals surface area contributed by atoms with Crippen molar-refractivity contribution in [2.75, 3.05) is 11.1 Å². The van der Waals surface area contributed by atoms with Crippen LogP contribution in [0, 0.1) is 13.8 Å². The van der Waals surface area contributed by atoms with Gasteiger partial charge < -0.3 is 11.1 Å². The minimum absolute atomic E-state index is 0.769. The number of nitrogens with two attached hydrogens (primary N) is 1. The summed E-state index contributed by atoms with van der Waals surface area (Å²) in [5.41, 5.74) is 11.1. The number of nitrogen functional groups attached to an aromatic ring is 1. The monoisotopic (exact) mass is 290 g/mol. The van der Waals surface area contributed by atoms with Gasteiger partial charge in [0.25, 0.3) is 0 Å². The standard InChI is InChI=1S/C14H15BrN2/c1-9-4-3-5-13(16)14(9)17-11-6-7-12(15)10(2)8-11/h3-8,17H,16H2,1-2H3. The zero-order valence-electron chi connectivity index (χ0n) is 9.92. The first-order valence-corrected chi connectivity index (χ1v) is 6.25. The summed E-state index contributed by atoms with van der Waals surface area (Å²) < 4.78 is 1.11. The number of para-hydroxylation sites is 1. The van der Waals surface area contributed by atoms with E-state index < -0.39 is 0 Å². The van der Waals surface area contributed by atoms with Crippen molar-refractivity contribution in [1.29, 1.82) is 0 Å². The van der Waals surface area contributed by atoms with Gasteiger partial charge in [-0.25, -0.2) is 0 Å². The topological polar surface area (TPSA) is 38.0 Å². The maximum Gasteiger partial charge on any atom is 0.0647 e. The molecule has 3 heteroatoms. The van der Waals surface area contributed by atoms with Gasteiger partial charge in [0, 0.05) is 10.2 Å². The first kappa shape index (κ1) is 12.0. The van der Waals surface area contributed by atoms with E-state index in [0.29, 0.717) is 0 Å². The van der Waals surface area contributed by atoms with Crippen molar-refractivity contribution in [2.24, 2.45) is 0 Å². The Balaban J connectivity index is 2.35. The van der Waals surface area contributed by atoms with Crippen molar-refractivity contribution in [3.63, 3.8) is 0 Å². The van der Waals surface area contributed by atoms with Crippen LogP contribution in [0.2, 0.25) is 0 Å². The van der Waals surface area contributed by atoms with E-state index in [0.717, 1.165) is 27.1 Å². The molecule has 0 aliphatic rings. The van der Waals surface area contributed by atoms with Gasteiger partial charge in [0.15, 0.2) is 0 Å². The Morgan fingerprint density at radius 2 is 1.82 bits per heavy atom. The van der Waals surface area contributed by atoms with E-state index in [9.17, 15) is 0 Å². The van der Waals surface area contributed by atoms with Crippen LogP contribution in [-0.2, 0) is 0 Å². The predicted octanol–water partition coefficient (Wildman–Crippen LogP) is 4.39. The van der Waals surface area contributed by atoms with Crippen LogP contribution in [0.4, 0.5) is 17.1 Å². The Morgan fingerprint density at radius 1 is 1.06 bits per heavy atom. The molecule has 0 saturated heterocycles. The molecule has 2 nitrogen and oxygen atoms in total. The average Bonchev–Trinajstić information content (AvgIpc) is 2.28. The average molecular weight is 291 g/mol. The highest BCUT2D eigenvalue weighted by atomic mass is 79.9. The molecule has 17 heavy (non-hydrogen) atoms. The zero-order valence-corrected chi connectivity index (χ0v) is 11.5. The number of anilines is 3. The minimum atomic E-state index is 0.769. The Labute approximate surface area is 110 Å². The van der Waals surface area contributed by atoms with Gasteiger partial charge in [-0.15, -0.1) is 0 Å². The zero-order chi connectivity index (χ0) is 12.4. The van der Waals surface area contributed by atoms with E-state index in [1.165, 1.54) is 5.56 Å². The lowest BCUT2D eigenvalue weighted by molar-refractivity contribution is 1.39. The van der Waals surface area contributed by atoms with Gasteiger partial charge in [-0.2, -0.15) is 0 Å². The quantitative estimate of drug-likeness (QED) is 0.805. The third kappa shape index (κ3) is 2.61. The number of halogens is 1. The third-order valence-electron chi connectivity index (χ3n) is 2.73. The molecule has 0 aliphatic heterocycles. The second-order valence-electron chi connectivity index (χ2n) is 4.13. The highest BCUT2D eigenvalue weighted by Gasteiger charge is 2.03. The number of benzene rings is 2. The Kier molecular flexibility index (Phi) is 3.38. The molecule has 0 fully saturated rings. The summed E-state index contributed by atoms with van der Waals surface area (Å²) in [6.07, 6.45) is 0. The van der Waals surface area contributed by atoms with E-state index in [2.05, 4.69) is 34.2 Å². The molecule has 0 heterocycles. The second kappa shape index (κ2) is 4.80. The van der Waals surface area contributed by atoms with Gasteiger partial charge in [0.1, 0.15) is 0 Å². The van der Waals surface area contributed by atoms with Crippen LogP contribution in [0.5, 0.6) is 0 Å². The molecule has 2 aromatic carbocycles. The molecule has 3 N–H and O–H groups in total. The molecule has 0 bridgehead atoms. The maximum absolute atomic E-state index is 5.97. The molecule has 88 valence electrons. The van der Waals surface area contributed by atoms with Crippen molar-refractivity contribution < 1.29 is 0 Å². The number of rotatable bonds is 2. The number of aryl methyl sites for hydroxylation is 2. The van der Waals surface area contributed by atoms with Gasteiger partial charge in [0.2, 0.25) is 0 Å². The highest BCUT2D eigenvalue weighted by molar-refractivity contribution is 9.10. The largest absolute Gasteiger partial charge is 0.397 e. The highest BCUT2D eigenvalue weighted by Crippen LogP contribution is 2.28. The fraction of sp³-hybridized carbons (Fsp3) is 0.143. The summed E-state index contributed by atoms with van der Waals surface area (Å²) in [5.74, 6) is 0. The molecule has 0 unspecified atom stereocenters. The van der Waals surface area contributed by atoms with Gasteiger partial charge in [-0.1, -0.05) is 28.1 Å². The van der Waals surface area contributed by atoms with Gasteiger partial charge >= 0.3 is 0 Å². The minimum Gasteiger partial charge on any atom is -0.397 e. The summed E-state index contributed by atoms with van der Waals surface area (Å²) in [7, 11) is 0. The molecule has 0 amide bonds. The van der Waals surface area contributed by atoms with Crippen LogP contribution in [0.1, 0.15) is 11.1 Å². The molecular weight excluding hydrogens is 276 g/mol. The van der Waals surface area contributed by atoms with Gasteiger partial charge in [-0.3, -0.25) is 0 Å². The summed E-state index contributed by atoms with van der Waals surface area (Å²) in [4.78, 5) is 0. The van der Waals surface area contributed by atoms with Crippen LogP contribution in [0.25, 0.3) is 0 Å². The smallest absolute Gasteiger partial charge is 0.0647 e. The molecule has 2 aromatic rings. The van der Waals surface area contributed by atoms with E-state index in [1.54, 1.807) is 0 Å². The first-order chi connectivity index (χ1) is 8.08. The Bertz CT molecular complexity index is 530. The van der Waals surface area contributed by atoms with Crippen molar-refractivity contribution in [3.05, 3.63) is 52.0 Å². The SMILES string of the molecule is Cc1cc(Nc2c(C)cccc2N)ccc1Br. The van der Waals surface area contributed by atoms with Crippen molar-refractivity contribution in [1.82, 2.24) is 0 Å². The number of hydrogen-bond donors (Lipinski definition) is 2. The van der Waals surface area contributed by atoms with Crippen LogP contribution in [0.3, 0.4) is 0 Å². The first-order valence-electron chi connectivity index (χ1n) is 5.46. The fourth-order valence-electron chi connectivity index (χ4n) is 1.73. The van der Waals surface area contributed by atoms with Crippen molar-refractivity contribution in [3.8, 4) is 0 Å². The lowest BCUT2D eigenvalue weighted by Crippen LogP contribution is -1.98. The van der Waals surface area contributed by atoms with Crippen molar-refractivity contribution in [2.45, 2.75) is 13.8 Å². The molecule has 0 aliphatic carbocycles. The summed E-state index contributed by atoms with van der Waals surface area (Å²) in [5, 5.41) is 3.36. The lowest BCUT2D eigenvalue weighted by Gasteiger charge is -2.13. The predicted molar refractivity (Wildman–Crippen MR) is 77.8 cm³/mol. The molecule has 0 spiro atoms. The lowest BCUT2D eigenvalue weighted by atomic mass is 10.1. The second-order valence-corrected chi connectivity index (χ2v) is 4.98. The maximum atomic E-state index is 5.97. The molecule has 0 radical (unpaired) electrons. The fourth-order valence-corrected chi connectivity index (χ4v) is 1.97. The van der Waals surface area contributed by atoms with Crippen LogP contribution in [-0.4, -0.2) is 0 Å². The Hall–Kier alpha value is -1.48. The summed E-state index contributed by atoms with van der Waals surface area (Å²) in [6, 6.07) is 12.1. The molecule has 0 aromatic heterocycles. The number of hydrogen-bond acceptors (Lipinski definition) is 2. The van der Waals surface area contributed by atoms with Crippen LogP contribution < -0.4 is 11.1 Å². The van der Waals surface area contributed by atoms with E-state index in [-0.39, 0.29) is 0 Å². The number of nitrogens with one attached hydrogen (secondary N) is 1. The normalized spacial score (nSPS) is 10.3. The molecule has 0 atom stereocenters. The molecule has 2 rings (SSSR count). The van der Waals surface area contributed by atoms with E-state index in [4.69, 9.17) is 5.73 Å². The van der Waals surface area contributed by atoms with E-state index >= 15 is 0 Å². The van der Waals surface area contributed by atoms with Gasteiger partial charge in [0.05, 0.1) is 11.4 Å². The van der Waals surface area contributed by atoms with Crippen molar-refractivity contribution >= 4 is 33.0 Å². The van der Waals surface area contributed by atoms with E-state index in [1.807, 2.05) is 37.3 Å². The Morgan fingerprint density at radius 3 is 2.47 bits per heavy atom. The van der Waals surface area contributed by atoms with Gasteiger partial charge in [-0.05, 0) is 49.2 Å². The third-order valence-corrected chi connectivity index (χ3v) is 3.62. The molecular formula is C14H15BrN2. The summed E-state index contributed by atoms with van der Waals surface area (Å²) in [6.45, 7) is 4.11. The molecule has 0 saturated carbocycles. The van der Waals surface area contributed by atoms with Crippen LogP contribution in [0.15, 0.2) is 40.9 Å². The summed E-state index contributed by atoms with van der Waals surface area (Å²) >= 11 is 3.49.